The third kappa shape index (κ3) is 3.17. The highest BCUT2D eigenvalue weighted by Gasteiger charge is 2.25. The summed E-state index contributed by atoms with van der Waals surface area (Å²) in [5.41, 5.74) is 7.75. The summed E-state index contributed by atoms with van der Waals surface area (Å²) in [5, 5.41) is 10.9. The zero-order chi connectivity index (χ0) is 18.1. The van der Waals surface area contributed by atoms with E-state index in [9.17, 15) is 5.11 Å². The van der Waals surface area contributed by atoms with Crippen molar-refractivity contribution in [1.82, 2.24) is 9.88 Å². The van der Waals surface area contributed by atoms with Crippen LogP contribution in [0, 0.1) is 13.8 Å². The van der Waals surface area contributed by atoms with E-state index in [4.69, 9.17) is 0 Å². The maximum atomic E-state index is 9.50. The molecular formula is C23H28N2O. The van der Waals surface area contributed by atoms with Gasteiger partial charge in [0.05, 0.1) is 6.61 Å². The van der Waals surface area contributed by atoms with Gasteiger partial charge >= 0.3 is 0 Å². The van der Waals surface area contributed by atoms with Gasteiger partial charge in [-0.25, -0.2) is 0 Å². The molecule has 1 atom stereocenters. The van der Waals surface area contributed by atoms with Crippen LogP contribution in [-0.4, -0.2) is 21.5 Å². The molecular weight excluding hydrogens is 320 g/mol. The monoisotopic (exact) mass is 348 g/mol. The molecule has 0 spiro atoms. The fourth-order valence-electron chi connectivity index (χ4n) is 4.51. The minimum Gasteiger partial charge on any atom is -0.392 e. The van der Waals surface area contributed by atoms with E-state index in [1.54, 1.807) is 0 Å². The zero-order valence-electron chi connectivity index (χ0n) is 15.8. The molecule has 2 heterocycles. The number of aliphatic hydroxyl groups excluding tert-OH is 1. The van der Waals surface area contributed by atoms with Gasteiger partial charge in [0.2, 0.25) is 0 Å². The summed E-state index contributed by atoms with van der Waals surface area (Å²) in [6, 6.07) is 13.4. The predicted octanol–water partition coefficient (Wildman–Crippen LogP) is 5.00. The van der Waals surface area contributed by atoms with Crippen LogP contribution in [-0.2, 0) is 13.2 Å². The van der Waals surface area contributed by atoms with Crippen LogP contribution in [0.2, 0.25) is 0 Å². The van der Waals surface area contributed by atoms with Crippen molar-refractivity contribution in [2.45, 2.75) is 52.3 Å². The molecule has 0 aliphatic carbocycles. The molecule has 0 bridgehead atoms. The van der Waals surface area contributed by atoms with Gasteiger partial charge in [0.25, 0.3) is 0 Å². The van der Waals surface area contributed by atoms with Crippen molar-refractivity contribution in [3.05, 3.63) is 70.4 Å². The topological polar surface area (TPSA) is 39.3 Å². The second-order valence-corrected chi connectivity index (χ2v) is 7.64. The number of benzene rings is 2. The lowest BCUT2D eigenvalue weighted by atomic mass is 9.92. The number of rotatable bonds is 4. The Kier molecular flexibility index (Phi) is 4.84. The number of aromatic amines is 1. The van der Waals surface area contributed by atoms with Crippen LogP contribution >= 0.6 is 0 Å². The van der Waals surface area contributed by atoms with Gasteiger partial charge in [0, 0.05) is 29.7 Å². The van der Waals surface area contributed by atoms with E-state index in [0.717, 1.165) is 18.7 Å². The first-order valence-corrected chi connectivity index (χ1v) is 9.67. The Bertz CT molecular complexity index is 912. The quantitative estimate of drug-likeness (QED) is 0.696. The molecule has 1 aliphatic rings. The summed E-state index contributed by atoms with van der Waals surface area (Å²) < 4.78 is 0. The average molecular weight is 348 g/mol. The van der Waals surface area contributed by atoms with Crippen molar-refractivity contribution in [2.24, 2.45) is 0 Å². The molecule has 4 rings (SSSR count). The van der Waals surface area contributed by atoms with Gasteiger partial charge in [0.15, 0.2) is 0 Å². The summed E-state index contributed by atoms with van der Waals surface area (Å²) in [6.07, 6.45) is 5.78. The number of aryl methyl sites for hydroxylation is 2. The Balaban J connectivity index is 1.69. The summed E-state index contributed by atoms with van der Waals surface area (Å²) in [6.45, 7) is 6.64. The molecule has 1 aliphatic heterocycles. The van der Waals surface area contributed by atoms with Crippen molar-refractivity contribution < 1.29 is 5.11 Å². The van der Waals surface area contributed by atoms with E-state index in [0.29, 0.717) is 6.04 Å². The number of fused-ring (bicyclic) bond motifs is 1. The van der Waals surface area contributed by atoms with Crippen LogP contribution < -0.4 is 0 Å². The molecule has 0 amide bonds. The van der Waals surface area contributed by atoms with Crippen molar-refractivity contribution in [1.29, 1.82) is 0 Å². The maximum Gasteiger partial charge on any atom is 0.0681 e. The molecule has 1 unspecified atom stereocenters. The minimum absolute atomic E-state index is 0.113. The van der Waals surface area contributed by atoms with Gasteiger partial charge in [-0.3, -0.25) is 4.90 Å². The van der Waals surface area contributed by atoms with E-state index >= 15 is 0 Å². The summed E-state index contributed by atoms with van der Waals surface area (Å²) >= 11 is 0. The molecule has 136 valence electrons. The molecule has 3 heteroatoms. The number of nitrogens with one attached hydrogen (secondary N) is 1. The first-order valence-electron chi connectivity index (χ1n) is 9.67. The summed E-state index contributed by atoms with van der Waals surface area (Å²) in [5.74, 6) is 0. The van der Waals surface area contributed by atoms with Crippen LogP contribution in [0.1, 0.15) is 53.1 Å². The second kappa shape index (κ2) is 7.26. The first-order chi connectivity index (χ1) is 12.7. The normalized spacial score (nSPS) is 18.5. The molecule has 1 fully saturated rings. The smallest absolute Gasteiger partial charge is 0.0681 e. The van der Waals surface area contributed by atoms with Crippen LogP contribution in [0.5, 0.6) is 0 Å². The Morgan fingerprint density at radius 1 is 1.12 bits per heavy atom. The van der Waals surface area contributed by atoms with Crippen molar-refractivity contribution in [3.63, 3.8) is 0 Å². The van der Waals surface area contributed by atoms with E-state index in [-0.39, 0.29) is 6.61 Å². The SMILES string of the molecule is Cc1cc(C)c2[nH]ccc2c1CN1CCCCC1c1cccc(CO)c1. The van der Waals surface area contributed by atoms with Crippen LogP contribution in [0.25, 0.3) is 10.9 Å². The van der Waals surface area contributed by atoms with Gasteiger partial charge in [-0.15, -0.1) is 0 Å². The average Bonchev–Trinajstić information content (AvgIpc) is 3.16. The molecule has 2 aromatic carbocycles. The Hall–Kier alpha value is -2.10. The van der Waals surface area contributed by atoms with Crippen molar-refractivity contribution in [2.75, 3.05) is 6.54 Å². The largest absolute Gasteiger partial charge is 0.392 e. The molecule has 2 N–H and O–H groups in total. The van der Waals surface area contributed by atoms with Gasteiger partial charge < -0.3 is 10.1 Å². The molecule has 1 saturated heterocycles. The number of hydrogen-bond acceptors (Lipinski definition) is 2. The Morgan fingerprint density at radius 3 is 2.85 bits per heavy atom. The highest BCUT2D eigenvalue weighted by molar-refractivity contribution is 5.86. The minimum atomic E-state index is 0.113. The first kappa shape index (κ1) is 17.3. The highest BCUT2D eigenvalue weighted by atomic mass is 16.3. The van der Waals surface area contributed by atoms with E-state index < -0.39 is 0 Å². The van der Waals surface area contributed by atoms with Crippen LogP contribution in [0.15, 0.2) is 42.6 Å². The maximum absolute atomic E-state index is 9.50. The van der Waals surface area contributed by atoms with E-state index in [2.05, 4.69) is 60.3 Å². The lowest BCUT2D eigenvalue weighted by Gasteiger charge is -2.37. The fraction of sp³-hybridized carbons (Fsp3) is 0.391. The molecule has 3 nitrogen and oxygen atoms in total. The molecule has 0 saturated carbocycles. The fourth-order valence-corrected chi connectivity index (χ4v) is 4.51. The Labute approximate surface area is 155 Å². The number of H-pyrrole nitrogens is 1. The highest BCUT2D eigenvalue weighted by Crippen LogP contribution is 2.35. The van der Waals surface area contributed by atoms with Gasteiger partial charge in [-0.05, 0) is 67.1 Å². The van der Waals surface area contributed by atoms with Gasteiger partial charge in [0.1, 0.15) is 0 Å². The predicted molar refractivity (Wildman–Crippen MR) is 107 cm³/mol. The molecule has 0 radical (unpaired) electrons. The number of aliphatic hydroxyl groups is 1. The number of nitrogens with zero attached hydrogens (tertiary/aromatic N) is 1. The number of piperidine rings is 1. The van der Waals surface area contributed by atoms with Crippen LogP contribution in [0.3, 0.4) is 0 Å². The Morgan fingerprint density at radius 2 is 2.00 bits per heavy atom. The second-order valence-electron chi connectivity index (χ2n) is 7.64. The van der Waals surface area contributed by atoms with Crippen LogP contribution in [0.4, 0.5) is 0 Å². The summed E-state index contributed by atoms with van der Waals surface area (Å²) in [7, 11) is 0. The van der Waals surface area contributed by atoms with Gasteiger partial charge in [-0.2, -0.15) is 0 Å². The standard InChI is InChI=1S/C23H28N2O/c1-16-12-17(2)23-20(9-10-24-23)21(16)14-25-11-4-3-8-22(25)19-7-5-6-18(13-19)15-26/h5-7,9-10,12-13,22,24,26H,3-4,8,11,14-15H2,1-2H3. The number of hydrogen-bond donors (Lipinski definition) is 2. The van der Waals surface area contributed by atoms with Gasteiger partial charge in [-0.1, -0.05) is 36.8 Å². The molecule has 26 heavy (non-hydrogen) atoms. The third-order valence-corrected chi connectivity index (χ3v) is 5.87. The van der Waals surface area contributed by atoms with Crippen molar-refractivity contribution >= 4 is 10.9 Å². The molecule has 1 aromatic heterocycles. The third-order valence-electron chi connectivity index (χ3n) is 5.87. The lowest BCUT2D eigenvalue weighted by Crippen LogP contribution is -2.33. The lowest BCUT2D eigenvalue weighted by molar-refractivity contribution is 0.140. The number of aromatic nitrogens is 1. The summed E-state index contributed by atoms with van der Waals surface area (Å²) in [4.78, 5) is 6.03. The molecule has 3 aromatic rings. The zero-order valence-corrected chi connectivity index (χ0v) is 15.8. The van der Waals surface area contributed by atoms with Crippen molar-refractivity contribution in [3.8, 4) is 0 Å². The van der Waals surface area contributed by atoms with E-state index in [1.807, 2.05) is 6.07 Å². The van der Waals surface area contributed by atoms with E-state index in [1.165, 1.54) is 52.4 Å². The number of likely N-dealkylation sites (tertiary alicyclic amines) is 1.